The lowest BCUT2D eigenvalue weighted by molar-refractivity contribution is 0.240. The summed E-state index contributed by atoms with van der Waals surface area (Å²) in [6.07, 6.45) is 3.57. The van der Waals surface area contributed by atoms with Gasteiger partial charge < -0.3 is 9.47 Å². The molecule has 3 nitrogen and oxygen atoms in total. The smallest absolute Gasteiger partial charge is 0.119 e. The number of hydrogen-bond acceptors (Lipinski definition) is 3. The zero-order valence-electron chi connectivity index (χ0n) is 9.86. The summed E-state index contributed by atoms with van der Waals surface area (Å²) in [5.41, 5.74) is 0.905. The number of benzene rings is 1. The number of nitrogens with zero attached hydrogens (tertiary/aromatic N) is 1. The minimum absolute atomic E-state index is 0.423. The fourth-order valence-electron chi connectivity index (χ4n) is 1.58. The SMILES string of the molecule is COCC#Cc1cncc2cc(OC)ccc12. The van der Waals surface area contributed by atoms with Gasteiger partial charge in [0.1, 0.15) is 12.4 Å². The van der Waals surface area contributed by atoms with E-state index in [1.54, 1.807) is 26.6 Å². The van der Waals surface area contributed by atoms with Gasteiger partial charge in [-0.25, -0.2) is 0 Å². The predicted molar refractivity (Wildman–Crippen MR) is 67.0 cm³/mol. The van der Waals surface area contributed by atoms with E-state index in [0.717, 1.165) is 22.1 Å². The van der Waals surface area contributed by atoms with Crippen LogP contribution in [0.25, 0.3) is 10.8 Å². The first-order chi connectivity index (χ1) is 8.35. The van der Waals surface area contributed by atoms with Crippen LogP contribution in [0.1, 0.15) is 5.56 Å². The molecule has 0 radical (unpaired) electrons. The van der Waals surface area contributed by atoms with E-state index in [1.807, 2.05) is 18.2 Å². The van der Waals surface area contributed by atoms with E-state index in [9.17, 15) is 0 Å². The highest BCUT2D eigenvalue weighted by Gasteiger charge is 2.00. The molecular weight excluding hydrogens is 214 g/mol. The maximum Gasteiger partial charge on any atom is 0.119 e. The van der Waals surface area contributed by atoms with Gasteiger partial charge in [0.25, 0.3) is 0 Å². The molecule has 2 rings (SSSR count). The van der Waals surface area contributed by atoms with Gasteiger partial charge in [-0.15, -0.1) is 0 Å². The number of methoxy groups -OCH3 is 2. The van der Waals surface area contributed by atoms with Crippen molar-refractivity contribution in [3.8, 4) is 17.6 Å². The number of aromatic nitrogens is 1. The maximum absolute atomic E-state index is 5.18. The second kappa shape index (κ2) is 5.33. The minimum Gasteiger partial charge on any atom is -0.497 e. The highest BCUT2D eigenvalue weighted by molar-refractivity contribution is 5.88. The Morgan fingerprint density at radius 1 is 1.24 bits per heavy atom. The molecule has 0 N–H and O–H groups in total. The monoisotopic (exact) mass is 227 g/mol. The third-order valence-electron chi connectivity index (χ3n) is 2.41. The van der Waals surface area contributed by atoms with Crippen molar-refractivity contribution < 1.29 is 9.47 Å². The van der Waals surface area contributed by atoms with Crippen LogP contribution in [0.4, 0.5) is 0 Å². The summed E-state index contributed by atoms with van der Waals surface area (Å²) in [6.45, 7) is 0.423. The van der Waals surface area contributed by atoms with Crippen molar-refractivity contribution in [2.24, 2.45) is 0 Å². The molecule has 1 aromatic heterocycles. The summed E-state index contributed by atoms with van der Waals surface area (Å²) >= 11 is 0. The Hall–Kier alpha value is -2.05. The van der Waals surface area contributed by atoms with Crippen molar-refractivity contribution in [1.82, 2.24) is 4.98 Å². The van der Waals surface area contributed by atoms with E-state index in [4.69, 9.17) is 9.47 Å². The molecular formula is C14H13NO2. The third-order valence-corrected chi connectivity index (χ3v) is 2.41. The van der Waals surface area contributed by atoms with Crippen LogP contribution in [0.15, 0.2) is 30.6 Å². The summed E-state index contributed by atoms with van der Waals surface area (Å²) in [6, 6.07) is 5.86. The molecule has 0 aliphatic carbocycles. The molecule has 17 heavy (non-hydrogen) atoms. The molecule has 0 fully saturated rings. The fraction of sp³-hybridized carbons (Fsp3) is 0.214. The van der Waals surface area contributed by atoms with Crippen LogP contribution >= 0.6 is 0 Å². The molecule has 0 aliphatic heterocycles. The van der Waals surface area contributed by atoms with Gasteiger partial charge in [0.15, 0.2) is 0 Å². The van der Waals surface area contributed by atoms with Gasteiger partial charge in [-0.1, -0.05) is 11.8 Å². The number of fused-ring (bicyclic) bond motifs is 1. The second-order valence-corrected chi connectivity index (χ2v) is 3.51. The van der Waals surface area contributed by atoms with E-state index in [2.05, 4.69) is 16.8 Å². The molecule has 0 amide bonds. The van der Waals surface area contributed by atoms with Crippen LogP contribution in [0, 0.1) is 11.8 Å². The van der Waals surface area contributed by atoms with Gasteiger partial charge in [0.2, 0.25) is 0 Å². The Bertz CT molecular complexity index is 582. The van der Waals surface area contributed by atoms with Crippen molar-refractivity contribution >= 4 is 10.8 Å². The Morgan fingerprint density at radius 3 is 2.88 bits per heavy atom. The zero-order chi connectivity index (χ0) is 12.1. The molecule has 3 heteroatoms. The van der Waals surface area contributed by atoms with E-state index in [1.165, 1.54) is 0 Å². The van der Waals surface area contributed by atoms with Gasteiger partial charge in [-0.2, -0.15) is 0 Å². The van der Waals surface area contributed by atoms with Gasteiger partial charge in [-0.3, -0.25) is 4.98 Å². The Kier molecular flexibility index (Phi) is 3.59. The average molecular weight is 227 g/mol. The minimum atomic E-state index is 0.423. The largest absolute Gasteiger partial charge is 0.497 e. The summed E-state index contributed by atoms with van der Waals surface area (Å²) in [4.78, 5) is 4.17. The molecule has 0 bridgehead atoms. The highest BCUT2D eigenvalue weighted by atomic mass is 16.5. The number of pyridine rings is 1. The van der Waals surface area contributed by atoms with Crippen molar-refractivity contribution in [1.29, 1.82) is 0 Å². The van der Waals surface area contributed by atoms with Crippen LogP contribution in [-0.4, -0.2) is 25.8 Å². The lowest BCUT2D eigenvalue weighted by Gasteiger charge is -2.03. The molecule has 86 valence electrons. The Labute approximate surface area is 100 Å². The lowest BCUT2D eigenvalue weighted by atomic mass is 10.1. The second-order valence-electron chi connectivity index (χ2n) is 3.51. The topological polar surface area (TPSA) is 31.4 Å². The fourth-order valence-corrected chi connectivity index (χ4v) is 1.58. The first kappa shape index (κ1) is 11.4. The molecule has 0 spiro atoms. The molecule has 1 heterocycles. The molecule has 0 saturated heterocycles. The first-order valence-corrected chi connectivity index (χ1v) is 5.24. The van der Waals surface area contributed by atoms with Crippen molar-refractivity contribution in [2.45, 2.75) is 0 Å². The molecule has 0 atom stereocenters. The van der Waals surface area contributed by atoms with Crippen molar-refractivity contribution in [3.05, 3.63) is 36.2 Å². The average Bonchev–Trinajstić information content (AvgIpc) is 2.38. The third kappa shape index (κ3) is 2.55. The highest BCUT2D eigenvalue weighted by Crippen LogP contribution is 2.22. The van der Waals surface area contributed by atoms with Crippen LogP contribution in [0.3, 0.4) is 0 Å². The van der Waals surface area contributed by atoms with Crippen molar-refractivity contribution in [2.75, 3.05) is 20.8 Å². The lowest BCUT2D eigenvalue weighted by Crippen LogP contribution is -1.87. The predicted octanol–water partition coefficient (Wildman–Crippen LogP) is 2.24. The first-order valence-electron chi connectivity index (χ1n) is 5.24. The van der Waals surface area contributed by atoms with Crippen LogP contribution in [0.2, 0.25) is 0 Å². The summed E-state index contributed by atoms with van der Waals surface area (Å²) < 4.78 is 10.1. The quantitative estimate of drug-likeness (QED) is 0.737. The number of rotatable bonds is 2. The van der Waals surface area contributed by atoms with E-state index >= 15 is 0 Å². The molecule has 0 unspecified atom stereocenters. The molecule has 0 aliphatic rings. The summed E-state index contributed by atoms with van der Waals surface area (Å²) in [7, 11) is 3.28. The van der Waals surface area contributed by atoms with Gasteiger partial charge >= 0.3 is 0 Å². The maximum atomic E-state index is 5.18. The van der Waals surface area contributed by atoms with Crippen LogP contribution in [0.5, 0.6) is 5.75 Å². The van der Waals surface area contributed by atoms with Gasteiger partial charge in [0.05, 0.1) is 12.7 Å². The Balaban J connectivity index is 2.48. The normalized spacial score (nSPS) is 9.76. The van der Waals surface area contributed by atoms with Gasteiger partial charge in [0, 0.05) is 30.3 Å². The summed E-state index contributed by atoms with van der Waals surface area (Å²) in [5, 5.41) is 2.10. The van der Waals surface area contributed by atoms with Crippen LogP contribution in [-0.2, 0) is 4.74 Å². The van der Waals surface area contributed by atoms with E-state index in [-0.39, 0.29) is 0 Å². The van der Waals surface area contributed by atoms with Crippen molar-refractivity contribution in [3.63, 3.8) is 0 Å². The van der Waals surface area contributed by atoms with E-state index < -0.39 is 0 Å². The number of ether oxygens (including phenoxy) is 2. The molecule has 1 aromatic carbocycles. The van der Waals surface area contributed by atoms with Gasteiger partial charge in [-0.05, 0) is 18.2 Å². The van der Waals surface area contributed by atoms with Crippen LogP contribution < -0.4 is 4.74 Å². The van der Waals surface area contributed by atoms with E-state index in [0.29, 0.717) is 6.61 Å². The standard InChI is InChI=1S/C14H13NO2/c1-16-7-3-4-11-9-15-10-12-8-13(17-2)5-6-14(11)12/h5-6,8-10H,7H2,1-2H3. The molecule has 0 saturated carbocycles. The number of hydrogen-bond donors (Lipinski definition) is 0. The zero-order valence-corrected chi connectivity index (χ0v) is 9.86. The molecule has 2 aromatic rings. The Morgan fingerprint density at radius 2 is 2.12 bits per heavy atom. The summed E-state index contributed by atoms with van der Waals surface area (Å²) in [5.74, 6) is 6.80.